The molecule has 6 rings (SSSR count). The fraction of sp³-hybridized carbons (Fsp3) is 0.200. The van der Waals surface area contributed by atoms with Crippen molar-refractivity contribution in [3.63, 3.8) is 0 Å². The van der Waals surface area contributed by atoms with E-state index in [0.29, 0.717) is 6.61 Å². The summed E-state index contributed by atoms with van der Waals surface area (Å²) in [6.07, 6.45) is 6.88. The first-order valence-electron chi connectivity index (χ1n) is 10.5. The van der Waals surface area contributed by atoms with E-state index in [1.54, 1.807) is 6.20 Å². The van der Waals surface area contributed by atoms with Gasteiger partial charge in [-0.1, -0.05) is 24.3 Å². The monoisotopic (exact) mass is 410 g/mol. The minimum atomic E-state index is -0.727. The molecule has 3 aliphatic rings. The molecule has 6 nitrogen and oxygen atoms in total. The summed E-state index contributed by atoms with van der Waals surface area (Å²) in [7, 11) is 0. The number of fused-ring (bicyclic) bond motifs is 4. The van der Waals surface area contributed by atoms with Gasteiger partial charge in [0.15, 0.2) is 5.54 Å². The van der Waals surface area contributed by atoms with E-state index in [0.717, 1.165) is 53.3 Å². The van der Waals surface area contributed by atoms with Crippen molar-refractivity contribution in [2.75, 3.05) is 19.7 Å². The number of ether oxygens (including phenoxy) is 2. The van der Waals surface area contributed by atoms with E-state index in [9.17, 15) is 0 Å². The number of hydrogen-bond acceptors (Lipinski definition) is 6. The van der Waals surface area contributed by atoms with Crippen LogP contribution in [-0.4, -0.2) is 30.7 Å². The minimum Gasteiger partial charge on any atom is -0.462 e. The van der Waals surface area contributed by atoms with Crippen molar-refractivity contribution in [3.8, 4) is 22.6 Å². The Morgan fingerprint density at radius 1 is 0.968 bits per heavy atom. The van der Waals surface area contributed by atoms with Gasteiger partial charge < -0.3 is 20.5 Å². The van der Waals surface area contributed by atoms with Crippen LogP contribution in [0.25, 0.3) is 16.7 Å². The van der Waals surface area contributed by atoms with Gasteiger partial charge in [0.2, 0.25) is 0 Å². The van der Waals surface area contributed by atoms with E-state index in [1.807, 2.05) is 36.5 Å². The molecule has 31 heavy (non-hydrogen) atoms. The minimum absolute atomic E-state index is 0.206. The highest BCUT2D eigenvalue weighted by atomic mass is 16.5. The largest absolute Gasteiger partial charge is 0.462 e. The van der Waals surface area contributed by atoms with E-state index in [-0.39, 0.29) is 6.02 Å². The summed E-state index contributed by atoms with van der Waals surface area (Å²) in [6, 6.07) is 16.7. The fourth-order valence-corrected chi connectivity index (χ4v) is 4.65. The van der Waals surface area contributed by atoms with Gasteiger partial charge in [-0.3, -0.25) is 4.98 Å². The predicted molar refractivity (Wildman–Crippen MR) is 120 cm³/mol. The van der Waals surface area contributed by atoms with Crippen LogP contribution in [0, 0.1) is 0 Å². The Labute approximate surface area is 180 Å². The van der Waals surface area contributed by atoms with Crippen LogP contribution in [0.15, 0.2) is 72.0 Å². The van der Waals surface area contributed by atoms with Crippen LogP contribution in [0.2, 0.25) is 0 Å². The van der Waals surface area contributed by atoms with Crippen LogP contribution < -0.4 is 15.8 Å². The lowest BCUT2D eigenvalue weighted by Gasteiger charge is -2.34. The molecule has 3 N–H and O–H groups in total. The van der Waals surface area contributed by atoms with Gasteiger partial charge in [-0.05, 0) is 60.0 Å². The molecule has 0 aliphatic carbocycles. The summed E-state index contributed by atoms with van der Waals surface area (Å²) < 4.78 is 12.0. The molecular formula is C25H22N4O2. The zero-order valence-corrected chi connectivity index (χ0v) is 17.0. The molecule has 6 heteroatoms. The first kappa shape index (κ1) is 18.2. The topological polar surface area (TPSA) is 81.8 Å². The SMILES string of the molecule is NC1=N[C@]2(CO1)c1cc(C3=CCNCC3)ccc1Oc1ccc(-c3cccnc3)cc12. The smallest absolute Gasteiger partial charge is 0.283 e. The molecule has 3 aromatic rings. The highest BCUT2D eigenvalue weighted by molar-refractivity contribution is 5.79. The van der Waals surface area contributed by atoms with Gasteiger partial charge in [-0.2, -0.15) is 0 Å². The maximum atomic E-state index is 6.32. The van der Waals surface area contributed by atoms with Crippen LogP contribution in [0.1, 0.15) is 23.1 Å². The summed E-state index contributed by atoms with van der Waals surface area (Å²) in [5.74, 6) is 1.57. The molecule has 4 heterocycles. The summed E-state index contributed by atoms with van der Waals surface area (Å²) in [5.41, 5.74) is 11.9. The van der Waals surface area contributed by atoms with Crippen molar-refractivity contribution in [1.29, 1.82) is 0 Å². The van der Waals surface area contributed by atoms with Crippen molar-refractivity contribution >= 4 is 11.6 Å². The fourth-order valence-electron chi connectivity index (χ4n) is 4.65. The standard InChI is InChI=1S/C25H22N4O2/c26-24-29-25(15-30-24)20-12-17(16-7-10-27-11-8-16)3-5-22(20)31-23-6-4-18(13-21(23)25)19-2-1-9-28-14-19/h1-7,9,12-14,27H,8,10-11,15H2,(H2,26,29)/t25-/m1/s1. The third-order valence-electron chi connectivity index (χ3n) is 6.23. The number of nitrogens with two attached hydrogens (primary N) is 1. The molecule has 3 aliphatic heterocycles. The number of rotatable bonds is 2. The van der Waals surface area contributed by atoms with E-state index >= 15 is 0 Å². The number of nitrogens with one attached hydrogen (secondary N) is 1. The number of aromatic nitrogens is 1. The van der Waals surface area contributed by atoms with Crippen LogP contribution in [0.4, 0.5) is 0 Å². The van der Waals surface area contributed by atoms with Crippen molar-refractivity contribution in [1.82, 2.24) is 10.3 Å². The Morgan fingerprint density at radius 3 is 2.45 bits per heavy atom. The van der Waals surface area contributed by atoms with E-state index in [4.69, 9.17) is 20.2 Å². The number of benzene rings is 2. The van der Waals surface area contributed by atoms with Gasteiger partial charge in [0.1, 0.15) is 18.1 Å². The molecular weight excluding hydrogens is 388 g/mol. The van der Waals surface area contributed by atoms with Gasteiger partial charge >= 0.3 is 0 Å². The van der Waals surface area contributed by atoms with E-state index < -0.39 is 5.54 Å². The average Bonchev–Trinajstić information content (AvgIpc) is 3.22. The highest BCUT2D eigenvalue weighted by Gasteiger charge is 2.47. The number of hydrogen-bond donors (Lipinski definition) is 2. The Kier molecular flexibility index (Phi) is 4.07. The molecule has 1 spiro atoms. The van der Waals surface area contributed by atoms with Crippen molar-refractivity contribution in [2.24, 2.45) is 10.7 Å². The second-order valence-electron chi connectivity index (χ2n) is 8.05. The quantitative estimate of drug-likeness (QED) is 0.671. The first-order valence-corrected chi connectivity index (χ1v) is 10.5. The van der Waals surface area contributed by atoms with Crippen LogP contribution in [0.5, 0.6) is 11.5 Å². The third-order valence-corrected chi connectivity index (χ3v) is 6.23. The lowest BCUT2D eigenvalue weighted by atomic mass is 9.79. The maximum absolute atomic E-state index is 6.32. The number of nitrogens with zero attached hydrogens (tertiary/aromatic N) is 2. The summed E-state index contributed by atoms with van der Waals surface area (Å²) >= 11 is 0. The van der Waals surface area contributed by atoms with Gasteiger partial charge in [0.05, 0.1) is 0 Å². The number of amidine groups is 1. The molecule has 0 bridgehead atoms. The molecule has 0 amide bonds. The van der Waals surface area contributed by atoms with Gasteiger partial charge in [0, 0.05) is 35.6 Å². The molecule has 0 radical (unpaired) electrons. The van der Waals surface area contributed by atoms with Gasteiger partial charge in [0.25, 0.3) is 6.02 Å². The van der Waals surface area contributed by atoms with Crippen molar-refractivity contribution in [3.05, 3.63) is 83.7 Å². The Morgan fingerprint density at radius 2 is 1.77 bits per heavy atom. The molecule has 0 fully saturated rings. The van der Waals surface area contributed by atoms with Crippen molar-refractivity contribution < 1.29 is 9.47 Å². The normalized spacial score (nSPS) is 21.4. The van der Waals surface area contributed by atoms with E-state index in [2.05, 4.69) is 34.6 Å². The zero-order chi connectivity index (χ0) is 20.8. The first-order chi connectivity index (χ1) is 15.2. The summed E-state index contributed by atoms with van der Waals surface area (Å²) in [5, 5.41) is 3.37. The third kappa shape index (κ3) is 2.91. The van der Waals surface area contributed by atoms with Crippen molar-refractivity contribution in [2.45, 2.75) is 12.0 Å². The lowest BCUT2D eigenvalue weighted by molar-refractivity contribution is 0.264. The highest BCUT2D eigenvalue weighted by Crippen LogP contribution is 2.52. The van der Waals surface area contributed by atoms with Crippen LogP contribution >= 0.6 is 0 Å². The van der Waals surface area contributed by atoms with E-state index in [1.165, 1.54) is 11.1 Å². The number of aliphatic imine (C=N–C) groups is 1. The molecule has 154 valence electrons. The molecule has 2 aromatic carbocycles. The Balaban J connectivity index is 1.53. The predicted octanol–water partition coefficient (Wildman–Crippen LogP) is 3.82. The molecule has 1 aromatic heterocycles. The van der Waals surface area contributed by atoms with Gasteiger partial charge in [-0.25, -0.2) is 4.99 Å². The van der Waals surface area contributed by atoms with Crippen LogP contribution in [-0.2, 0) is 10.3 Å². The summed E-state index contributed by atoms with van der Waals surface area (Å²) in [4.78, 5) is 9.09. The summed E-state index contributed by atoms with van der Waals surface area (Å²) in [6.45, 7) is 2.22. The maximum Gasteiger partial charge on any atom is 0.283 e. The van der Waals surface area contributed by atoms with Crippen LogP contribution in [0.3, 0.4) is 0 Å². The molecule has 0 saturated carbocycles. The average molecular weight is 410 g/mol. The molecule has 0 unspecified atom stereocenters. The zero-order valence-electron chi connectivity index (χ0n) is 17.0. The number of pyridine rings is 1. The van der Waals surface area contributed by atoms with Gasteiger partial charge in [-0.15, -0.1) is 0 Å². The Bertz CT molecular complexity index is 1240. The second kappa shape index (κ2) is 6.96. The Hall–Kier alpha value is -3.64. The lowest BCUT2D eigenvalue weighted by Crippen LogP contribution is -2.31. The molecule has 1 atom stereocenters. The second-order valence-corrected chi connectivity index (χ2v) is 8.05. The molecule has 0 saturated heterocycles.